The number of nitrogens with zero attached hydrogens (tertiary/aromatic N) is 1. The molecule has 2 rings (SSSR count). The number of nitrogens with one attached hydrogen (secondary N) is 1. The molecule has 0 aromatic heterocycles. The minimum Gasteiger partial charge on any atom is -0.492 e. The smallest absolute Gasteiger partial charge is 0.220 e. The second-order valence-corrected chi connectivity index (χ2v) is 6.37. The van der Waals surface area contributed by atoms with E-state index in [0.717, 1.165) is 19.6 Å². The third kappa shape index (κ3) is 6.04. The Kier molecular flexibility index (Phi) is 7.69. The molecule has 1 atom stereocenters. The monoisotopic (exact) mass is 338 g/mol. The van der Waals surface area contributed by atoms with Crippen LogP contribution in [0.2, 0.25) is 5.02 Å². The van der Waals surface area contributed by atoms with Crippen molar-refractivity contribution in [1.82, 2.24) is 10.2 Å². The Bertz CT molecular complexity index is 496. The quantitative estimate of drug-likeness (QED) is 0.738. The van der Waals surface area contributed by atoms with Crippen LogP contribution in [-0.4, -0.2) is 43.1 Å². The van der Waals surface area contributed by atoms with Crippen LogP contribution >= 0.6 is 11.6 Å². The van der Waals surface area contributed by atoms with E-state index in [-0.39, 0.29) is 5.91 Å². The lowest BCUT2D eigenvalue weighted by atomic mass is 10.0. The van der Waals surface area contributed by atoms with Crippen molar-refractivity contribution in [3.05, 3.63) is 29.3 Å². The number of amides is 1. The van der Waals surface area contributed by atoms with Crippen LogP contribution in [-0.2, 0) is 4.79 Å². The van der Waals surface area contributed by atoms with Gasteiger partial charge in [0, 0.05) is 19.0 Å². The number of carbonyl (C=O) groups excluding carboxylic acids is 1. The maximum atomic E-state index is 11.9. The van der Waals surface area contributed by atoms with E-state index < -0.39 is 0 Å². The summed E-state index contributed by atoms with van der Waals surface area (Å²) in [5.41, 5.74) is 0. The Morgan fingerprint density at radius 2 is 2.22 bits per heavy atom. The van der Waals surface area contributed by atoms with Crippen LogP contribution in [0, 0.1) is 0 Å². The molecule has 23 heavy (non-hydrogen) atoms. The maximum Gasteiger partial charge on any atom is 0.220 e. The van der Waals surface area contributed by atoms with Gasteiger partial charge in [-0.15, -0.1) is 0 Å². The zero-order valence-corrected chi connectivity index (χ0v) is 14.6. The Morgan fingerprint density at radius 3 is 3.00 bits per heavy atom. The van der Waals surface area contributed by atoms with Crippen LogP contribution in [0.25, 0.3) is 0 Å². The van der Waals surface area contributed by atoms with Crippen molar-refractivity contribution in [3.63, 3.8) is 0 Å². The lowest BCUT2D eigenvalue weighted by Gasteiger charge is -2.34. The van der Waals surface area contributed by atoms with Gasteiger partial charge in [0.15, 0.2) is 0 Å². The fourth-order valence-electron chi connectivity index (χ4n) is 3.00. The van der Waals surface area contributed by atoms with Gasteiger partial charge in [0.05, 0.1) is 11.6 Å². The first-order valence-corrected chi connectivity index (χ1v) is 8.96. The van der Waals surface area contributed by atoms with E-state index in [4.69, 9.17) is 16.3 Å². The van der Waals surface area contributed by atoms with Gasteiger partial charge in [0.2, 0.25) is 5.91 Å². The number of halogens is 1. The number of rotatable bonds is 8. The van der Waals surface area contributed by atoms with E-state index in [0.29, 0.717) is 36.3 Å². The van der Waals surface area contributed by atoms with Crippen LogP contribution in [0.3, 0.4) is 0 Å². The summed E-state index contributed by atoms with van der Waals surface area (Å²) < 4.78 is 5.60. The highest BCUT2D eigenvalue weighted by Crippen LogP contribution is 2.23. The van der Waals surface area contributed by atoms with E-state index in [2.05, 4.69) is 17.1 Å². The molecule has 1 aromatic carbocycles. The van der Waals surface area contributed by atoms with Crippen LogP contribution in [0.4, 0.5) is 0 Å². The molecule has 1 aliphatic rings. The predicted molar refractivity (Wildman–Crippen MR) is 94.1 cm³/mol. The lowest BCUT2D eigenvalue weighted by molar-refractivity contribution is -0.121. The number of likely N-dealkylation sites (N-methyl/N-ethyl adjacent to an activating group) is 1. The number of carbonyl (C=O) groups is 1. The average molecular weight is 339 g/mol. The third-order valence-electron chi connectivity index (χ3n) is 4.33. The molecule has 1 heterocycles. The van der Waals surface area contributed by atoms with Crippen molar-refractivity contribution in [2.75, 3.05) is 26.2 Å². The summed E-state index contributed by atoms with van der Waals surface area (Å²) in [6, 6.07) is 7.89. The second-order valence-electron chi connectivity index (χ2n) is 5.96. The first kappa shape index (κ1) is 18.1. The molecule has 5 heteroatoms. The van der Waals surface area contributed by atoms with Crippen molar-refractivity contribution in [1.29, 1.82) is 0 Å². The third-order valence-corrected chi connectivity index (χ3v) is 4.64. The summed E-state index contributed by atoms with van der Waals surface area (Å²) in [7, 11) is 0. The van der Waals surface area contributed by atoms with Crippen LogP contribution in [0.5, 0.6) is 5.75 Å². The van der Waals surface area contributed by atoms with Crippen LogP contribution < -0.4 is 10.1 Å². The van der Waals surface area contributed by atoms with Gasteiger partial charge in [0.1, 0.15) is 5.75 Å². The molecule has 0 aliphatic carbocycles. The molecule has 1 amide bonds. The van der Waals surface area contributed by atoms with Crippen LogP contribution in [0.1, 0.15) is 39.0 Å². The number of hydrogen-bond donors (Lipinski definition) is 1. The summed E-state index contributed by atoms with van der Waals surface area (Å²) >= 11 is 6.02. The molecule has 0 bridgehead atoms. The van der Waals surface area contributed by atoms with Gasteiger partial charge in [-0.3, -0.25) is 9.69 Å². The van der Waals surface area contributed by atoms with Gasteiger partial charge in [-0.2, -0.15) is 0 Å². The van der Waals surface area contributed by atoms with E-state index in [9.17, 15) is 4.79 Å². The van der Waals surface area contributed by atoms with Crippen molar-refractivity contribution >= 4 is 17.5 Å². The molecule has 0 saturated carbocycles. The van der Waals surface area contributed by atoms with Gasteiger partial charge in [-0.25, -0.2) is 0 Å². The Morgan fingerprint density at radius 1 is 1.39 bits per heavy atom. The van der Waals surface area contributed by atoms with E-state index >= 15 is 0 Å². The summed E-state index contributed by atoms with van der Waals surface area (Å²) in [4.78, 5) is 14.4. The minimum atomic E-state index is 0.106. The number of likely N-dealkylation sites (tertiary alicyclic amines) is 1. The fraction of sp³-hybridized carbons (Fsp3) is 0.611. The first-order valence-electron chi connectivity index (χ1n) is 8.58. The Balaban J connectivity index is 1.61. The molecule has 0 radical (unpaired) electrons. The molecule has 1 fully saturated rings. The van der Waals surface area contributed by atoms with Gasteiger partial charge < -0.3 is 10.1 Å². The zero-order valence-electron chi connectivity index (χ0n) is 13.9. The summed E-state index contributed by atoms with van der Waals surface area (Å²) in [6.07, 6.45) is 4.91. The maximum absolute atomic E-state index is 11.9. The highest BCUT2D eigenvalue weighted by Gasteiger charge is 2.20. The van der Waals surface area contributed by atoms with E-state index in [1.165, 1.54) is 19.3 Å². The van der Waals surface area contributed by atoms with Gasteiger partial charge >= 0.3 is 0 Å². The standard InChI is InChI=1S/C18H27ClN2O2/c1-2-21-12-6-5-8-15(21)14-20-18(22)11-7-13-23-17-10-4-3-9-16(17)19/h3-4,9-10,15H,2,5-8,11-14H2,1H3,(H,20,22). The fourth-order valence-corrected chi connectivity index (χ4v) is 3.19. The number of para-hydroxylation sites is 1. The molecule has 1 aliphatic heterocycles. The molecule has 1 N–H and O–H groups in total. The van der Waals surface area contributed by atoms with Crippen LogP contribution in [0.15, 0.2) is 24.3 Å². The predicted octanol–water partition coefficient (Wildman–Crippen LogP) is 3.49. The second kappa shape index (κ2) is 9.78. The highest BCUT2D eigenvalue weighted by atomic mass is 35.5. The average Bonchev–Trinajstić information content (AvgIpc) is 2.58. The van der Waals surface area contributed by atoms with E-state index in [1.807, 2.05) is 18.2 Å². The van der Waals surface area contributed by atoms with Gasteiger partial charge in [-0.05, 0) is 44.5 Å². The largest absolute Gasteiger partial charge is 0.492 e. The van der Waals surface area contributed by atoms with Gasteiger partial charge in [0.25, 0.3) is 0 Å². The Labute approximate surface area is 144 Å². The summed E-state index contributed by atoms with van der Waals surface area (Å²) in [5.74, 6) is 0.782. The topological polar surface area (TPSA) is 41.6 Å². The first-order chi connectivity index (χ1) is 11.2. The highest BCUT2D eigenvalue weighted by molar-refractivity contribution is 6.32. The minimum absolute atomic E-state index is 0.106. The molecular weight excluding hydrogens is 312 g/mol. The van der Waals surface area contributed by atoms with Crippen molar-refractivity contribution in [2.45, 2.75) is 45.1 Å². The van der Waals surface area contributed by atoms with Gasteiger partial charge in [-0.1, -0.05) is 37.1 Å². The number of benzene rings is 1. The molecular formula is C18H27ClN2O2. The zero-order chi connectivity index (χ0) is 16.5. The SMILES string of the molecule is CCN1CCCCC1CNC(=O)CCCOc1ccccc1Cl. The molecule has 1 aromatic rings. The van der Waals surface area contributed by atoms with Crippen molar-refractivity contribution in [3.8, 4) is 5.75 Å². The van der Waals surface area contributed by atoms with E-state index in [1.54, 1.807) is 6.07 Å². The lowest BCUT2D eigenvalue weighted by Crippen LogP contribution is -2.46. The molecule has 1 unspecified atom stereocenters. The molecule has 1 saturated heterocycles. The Hall–Kier alpha value is -1.26. The van der Waals surface area contributed by atoms with Crippen molar-refractivity contribution < 1.29 is 9.53 Å². The summed E-state index contributed by atoms with van der Waals surface area (Å²) in [5, 5.41) is 3.67. The molecule has 4 nitrogen and oxygen atoms in total. The number of ether oxygens (including phenoxy) is 1. The number of piperidine rings is 1. The molecule has 128 valence electrons. The summed E-state index contributed by atoms with van der Waals surface area (Å²) in [6.45, 7) is 5.67. The number of hydrogen-bond acceptors (Lipinski definition) is 3. The normalized spacial score (nSPS) is 18.6. The van der Waals surface area contributed by atoms with Crippen molar-refractivity contribution in [2.24, 2.45) is 0 Å². The molecule has 0 spiro atoms.